The number of aliphatic hydroxyl groups excluding tert-OH is 1. The van der Waals surface area contributed by atoms with Gasteiger partial charge < -0.3 is 24.7 Å². The van der Waals surface area contributed by atoms with E-state index in [2.05, 4.69) is 43.0 Å². The van der Waals surface area contributed by atoms with Crippen molar-refractivity contribution in [2.24, 2.45) is 11.8 Å². The molecule has 5 atom stereocenters. The molecule has 2 aromatic carbocycles. The quantitative estimate of drug-likeness (QED) is 0.314. The van der Waals surface area contributed by atoms with Gasteiger partial charge in [0, 0.05) is 61.6 Å². The van der Waals surface area contributed by atoms with Gasteiger partial charge >= 0.3 is 0 Å². The van der Waals surface area contributed by atoms with Gasteiger partial charge in [-0.1, -0.05) is 42.5 Å². The molecule has 44 heavy (non-hydrogen) atoms. The number of benzene rings is 2. The highest BCUT2D eigenvalue weighted by atomic mass is 32.2. The van der Waals surface area contributed by atoms with Crippen molar-refractivity contribution in [2.75, 3.05) is 54.0 Å². The number of aliphatic hydroxyl groups is 1. The van der Waals surface area contributed by atoms with Gasteiger partial charge in [-0.3, -0.25) is 14.4 Å². The second-order valence-corrected chi connectivity index (χ2v) is 13.4. The van der Waals surface area contributed by atoms with Crippen molar-refractivity contribution < 1.29 is 19.5 Å². The number of rotatable bonds is 10. The van der Waals surface area contributed by atoms with Crippen LogP contribution < -0.4 is 14.7 Å². The van der Waals surface area contributed by atoms with E-state index in [1.165, 1.54) is 0 Å². The van der Waals surface area contributed by atoms with E-state index in [4.69, 9.17) is 0 Å². The van der Waals surface area contributed by atoms with Gasteiger partial charge in [-0.15, -0.1) is 11.8 Å². The first kappa shape index (κ1) is 30.5. The zero-order valence-corrected chi connectivity index (χ0v) is 26.4. The molecule has 1 N–H and O–H groups in total. The smallest absolute Gasteiger partial charge is 0.251 e. The third kappa shape index (κ3) is 5.13. The minimum absolute atomic E-state index is 0.0660. The number of nitrogens with zero attached hydrogens (tertiary/aromatic N) is 4. The highest BCUT2D eigenvalue weighted by Gasteiger charge is 2.71. The first-order chi connectivity index (χ1) is 21.4. The Morgan fingerprint density at radius 1 is 0.841 bits per heavy atom. The number of para-hydroxylation sites is 1. The molecular weight excluding hydrogens is 572 g/mol. The van der Waals surface area contributed by atoms with Gasteiger partial charge in [-0.25, -0.2) is 0 Å². The first-order valence-electron chi connectivity index (χ1n) is 15.9. The Balaban J connectivity index is 1.37. The number of anilines is 3. The summed E-state index contributed by atoms with van der Waals surface area (Å²) in [6.07, 6.45) is 10.3. The SMILES string of the molecule is CCN(CC)c1ccc(N2CC=C[C@]34S[C@H]5C=CCN(c6ccccc6)C(=O)[C@H]5[C@H]3C(=O)N(CCCCCO)C4C2=O)cc1. The number of hydrogen-bond donors (Lipinski definition) is 1. The van der Waals surface area contributed by atoms with Gasteiger partial charge in [0.1, 0.15) is 6.04 Å². The van der Waals surface area contributed by atoms with Gasteiger partial charge in [0.05, 0.1) is 16.6 Å². The highest BCUT2D eigenvalue weighted by Crippen LogP contribution is 2.61. The Kier molecular flexibility index (Phi) is 8.87. The van der Waals surface area contributed by atoms with E-state index in [0.29, 0.717) is 32.5 Å². The lowest BCUT2D eigenvalue weighted by Gasteiger charge is -2.35. The van der Waals surface area contributed by atoms with Gasteiger partial charge in [0.2, 0.25) is 11.8 Å². The van der Waals surface area contributed by atoms with E-state index >= 15 is 0 Å². The lowest BCUT2D eigenvalue weighted by Crippen LogP contribution is -2.53. The van der Waals surface area contributed by atoms with Gasteiger partial charge in [0.25, 0.3) is 5.91 Å². The van der Waals surface area contributed by atoms with Crippen LogP contribution in [0.1, 0.15) is 33.1 Å². The topological polar surface area (TPSA) is 84.4 Å². The normalized spacial score (nSPS) is 27.7. The molecule has 3 amide bonds. The largest absolute Gasteiger partial charge is 0.396 e. The summed E-state index contributed by atoms with van der Waals surface area (Å²) in [5.41, 5.74) is 2.71. The maximum Gasteiger partial charge on any atom is 0.251 e. The summed E-state index contributed by atoms with van der Waals surface area (Å²) < 4.78 is -0.851. The van der Waals surface area contributed by atoms with Crippen LogP contribution in [-0.2, 0) is 14.4 Å². The van der Waals surface area contributed by atoms with Crippen molar-refractivity contribution in [3.63, 3.8) is 0 Å². The predicted molar refractivity (Wildman–Crippen MR) is 177 cm³/mol. The van der Waals surface area contributed by atoms with Crippen LogP contribution >= 0.6 is 11.8 Å². The predicted octanol–water partition coefficient (Wildman–Crippen LogP) is 4.50. The van der Waals surface area contributed by atoms with Crippen LogP contribution in [0.2, 0.25) is 0 Å². The standard InChI is InChI=1S/C35H42N4O4S/c1-3-36(4-2)25-16-18-27(19-17-25)38-23-12-20-35-30(33(42)39(31(35)34(38)43)21-9-6-10-24-40)29-28(44-35)15-11-22-37(32(29)41)26-13-7-5-8-14-26/h5,7-8,11-20,28-31,40H,3-4,6,9-10,21-24H2,1-2H3/t28-,29+,30-,31?,35-/m0/s1. The van der Waals surface area contributed by atoms with Crippen molar-refractivity contribution in [3.8, 4) is 0 Å². The lowest BCUT2D eigenvalue weighted by atomic mass is 9.78. The Hall–Kier alpha value is -3.56. The monoisotopic (exact) mass is 614 g/mol. The Bertz CT molecular complexity index is 1430. The summed E-state index contributed by atoms with van der Waals surface area (Å²) in [6, 6.07) is 17.0. The molecule has 0 radical (unpaired) electrons. The van der Waals surface area contributed by atoms with Crippen molar-refractivity contribution >= 4 is 46.5 Å². The molecule has 8 nitrogen and oxygen atoms in total. The molecule has 0 aliphatic carbocycles. The third-order valence-corrected chi connectivity index (χ3v) is 11.3. The van der Waals surface area contributed by atoms with Crippen LogP contribution in [0.25, 0.3) is 0 Å². The summed E-state index contributed by atoms with van der Waals surface area (Å²) in [4.78, 5) is 51.1. The van der Waals surface area contributed by atoms with E-state index in [-0.39, 0.29) is 29.6 Å². The zero-order chi connectivity index (χ0) is 30.8. The molecule has 2 saturated heterocycles. The maximum absolute atomic E-state index is 14.7. The number of unbranched alkanes of at least 4 members (excludes halogenated alkanes) is 2. The van der Waals surface area contributed by atoms with Gasteiger partial charge in [-0.2, -0.15) is 0 Å². The Labute approximate surface area is 264 Å². The minimum Gasteiger partial charge on any atom is -0.396 e. The fourth-order valence-corrected chi connectivity index (χ4v) is 9.46. The molecule has 0 saturated carbocycles. The molecule has 9 heteroatoms. The number of hydrogen-bond acceptors (Lipinski definition) is 6. The molecular formula is C35H42N4O4S. The summed E-state index contributed by atoms with van der Waals surface area (Å²) >= 11 is 1.61. The van der Waals surface area contributed by atoms with Gasteiger partial charge in [0.15, 0.2) is 0 Å². The second-order valence-electron chi connectivity index (χ2n) is 11.9. The molecule has 1 unspecified atom stereocenters. The van der Waals surface area contributed by atoms with Crippen LogP contribution in [-0.4, -0.2) is 83.1 Å². The summed E-state index contributed by atoms with van der Waals surface area (Å²) in [5.74, 6) is -1.51. The number of carbonyl (C=O) groups is 3. The van der Waals surface area contributed by atoms with Crippen LogP contribution in [0.15, 0.2) is 78.9 Å². The molecule has 0 aromatic heterocycles. The maximum atomic E-state index is 14.7. The van der Waals surface area contributed by atoms with Crippen LogP contribution in [0, 0.1) is 11.8 Å². The van der Waals surface area contributed by atoms with Gasteiger partial charge in [-0.05, 0) is 69.5 Å². The lowest BCUT2D eigenvalue weighted by molar-refractivity contribution is -0.138. The molecule has 2 aromatic rings. The van der Waals surface area contributed by atoms with Crippen LogP contribution in [0.5, 0.6) is 0 Å². The van der Waals surface area contributed by atoms with Crippen molar-refractivity contribution in [2.45, 2.75) is 49.1 Å². The number of likely N-dealkylation sites (tertiary alicyclic amines) is 1. The van der Waals surface area contributed by atoms with E-state index in [1.807, 2.05) is 54.6 Å². The third-order valence-electron chi connectivity index (χ3n) is 9.57. The van der Waals surface area contributed by atoms with E-state index in [9.17, 15) is 19.5 Å². The zero-order valence-electron chi connectivity index (χ0n) is 25.5. The van der Waals surface area contributed by atoms with Crippen molar-refractivity contribution in [3.05, 3.63) is 78.9 Å². The molecule has 4 heterocycles. The molecule has 2 fully saturated rings. The molecule has 1 spiro atoms. The van der Waals surface area contributed by atoms with Crippen molar-refractivity contribution in [1.82, 2.24) is 4.90 Å². The average Bonchev–Trinajstić information content (AvgIpc) is 3.35. The van der Waals surface area contributed by atoms with Crippen LogP contribution in [0.3, 0.4) is 0 Å². The first-order valence-corrected chi connectivity index (χ1v) is 16.8. The fraction of sp³-hybridized carbons (Fsp3) is 0.457. The Morgan fingerprint density at radius 2 is 1.52 bits per heavy atom. The number of fused-ring (bicyclic) bond motifs is 2. The minimum atomic E-state index is -0.851. The fourth-order valence-electron chi connectivity index (χ4n) is 7.45. The molecule has 232 valence electrons. The molecule has 0 bridgehead atoms. The Morgan fingerprint density at radius 3 is 2.23 bits per heavy atom. The van der Waals surface area contributed by atoms with E-state index in [1.54, 1.807) is 26.5 Å². The summed E-state index contributed by atoms with van der Waals surface area (Å²) in [6.45, 7) is 7.41. The summed E-state index contributed by atoms with van der Waals surface area (Å²) in [7, 11) is 0. The highest BCUT2D eigenvalue weighted by molar-refractivity contribution is 8.02. The average molecular weight is 615 g/mol. The number of carbonyl (C=O) groups excluding carboxylic acids is 3. The number of thioether (sulfide) groups is 1. The molecule has 4 aliphatic rings. The second kappa shape index (κ2) is 12.8. The molecule has 6 rings (SSSR count). The van der Waals surface area contributed by atoms with Crippen LogP contribution in [0.4, 0.5) is 17.1 Å². The summed E-state index contributed by atoms with van der Waals surface area (Å²) in [5, 5.41) is 9.14. The number of amides is 3. The molecule has 4 aliphatic heterocycles. The van der Waals surface area contributed by atoms with E-state index in [0.717, 1.165) is 36.6 Å². The van der Waals surface area contributed by atoms with E-state index < -0.39 is 22.6 Å². The van der Waals surface area contributed by atoms with Crippen molar-refractivity contribution in [1.29, 1.82) is 0 Å².